The third kappa shape index (κ3) is 6.54. The Morgan fingerprint density at radius 1 is 0.443 bits per heavy atom. The molecule has 1 aromatic heterocycles. The summed E-state index contributed by atoms with van der Waals surface area (Å²) in [7, 11) is 0. The third-order valence-electron chi connectivity index (χ3n) is 11.9. The maximum Gasteiger partial charge on any atom is 0.136 e. The van der Waals surface area contributed by atoms with Crippen LogP contribution in [0.15, 0.2) is 228 Å². The second kappa shape index (κ2) is 15.3. The fraction of sp³-hybridized carbons (Fsp3) is 0.0172. The molecular formula is C58H40N2O. The molecule has 2 N–H and O–H groups in total. The number of hydrogen-bond donors (Lipinski definition) is 1. The normalized spacial score (nSPS) is 12.3. The Labute approximate surface area is 354 Å². The number of allylic oxidation sites excluding steroid dienone is 1. The van der Waals surface area contributed by atoms with Crippen LogP contribution in [0.3, 0.4) is 0 Å². The maximum atomic E-state index is 6.75. The van der Waals surface area contributed by atoms with Crippen LogP contribution >= 0.6 is 0 Å². The summed E-state index contributed by atoms with van der Waals surface area (Å²) in [4.78, 5) is 5.11. The van der Waals surface area contributed by atoms with Crippen molar-refractivity contribution < 1.29 is 4.42 Å². The van der Waals surface area contributed by atoms with Crippen molar-refractivity contribution in [2.24, 2.45) is 10.7 Å². The van der Waals surface area contributed by atoms with Crippen LogP contribution < -0.4 is 5.73 Å². The molecule has 0 aliphatic carbocycles. The zero-order valence-electron chi connectivity index (χ0n) is 33.4. The molecule has 61 heavy (non-hydrogen) atoms. The van der Waals surface area contributed by atoms with E-state index in [1.807, 2.05) is 48.5 Å². The van der Waals surface area contributed by atoms with Crippen molar-refractivity contribution in [3.05, 3.63) is 235 Å². The molecule has 0 atom stereocenters. The standard InChI is InChI=1S/C58H40N2O/c59-58(43-19-5-2-6-20-43)60-51(36-29-38-15-13-21-44(37-38)46-26-14-28-53-56(46)49-25-11-12-27-52(49)61-53)40-30-32-42(33-31-40)55-48-24-10-9-23-47(48)54(41-17-3-1-4-18-41)50-35-34-39-16-7-8-22-45(39)57(50)55/h1-28,30-37H,29H2,(H2,59,60)/b51-36-. The summed E-state index contributed by atoms with van der Waals surface area (Å²) < 4.78 is 6.23. The van der Waals surface area contributed by atoms with Crippen molar-refractivity contribution in [1.82, 2.24) is 0 Å². The lowest BCUT2D eigenvalue weighted by atomic mass is 9.84. The number of amidine groups is 1. The zero-order chi connectivity index (χ0) is 40.7. The molecule has 11 aromatic rings. The highest BCUT2D eigenvalue weighted by molar-refractivity contribution is 6.28. The van der Waals surface area contributed by atoms with E-state index in [0.717, 1.165) is 55.5 Å². The molecular weight excluding hydrogens is 741 g/mol. The molecule has 11 rings (SSSR count). The summed E-state index contributed by atoms with van der Waals surface area (Å²) in [6.45, 7) is 0. The number of furan rings is 1. The summed E-state index contributed by atoms with van der Waals surface area (Å²) in [6.07, 6.45) is 2.87. The highest BCUT2D eigenvalue weighted by Crippen LogP contribution is 2.46. The maximum absolute atomic E-state index is 6.75. The molecule has 0 fully saturated rings. The first-order valence-corrected chi connectivity index (χ1v) is 20.8. The molecule has 0 aliphatic heterocycles. The second-order valence-electron chi connectivity index (χ2n) is 15.6. The van der Waals surface area contributed by atoms with Gasteiger partial charge < -0.3 is 10.2 Å². The number of hydrogen-bond acceptors (Lipinski definition) is 2. The first-order valence-electron chi connectivity index (χ1n) is 20.8. The zero-order valence-corrected chi connectivity index (χ0v) is 33.4. The van der Waals surface area contributed by atoms with E-state index >= 15 is 0 Å². The minimum Gasteiger partial charge on any atom is -0.456 e. The summed E-state index contributed by atoms with van der Waals surface area (Å²) in [5.74, 6) is 0.475. The van der Waals surface area contributed by atoms with E-state index in [1.54, 1.807) is 0 Å². The number of nitrogens with two attached hydrogens (primary N) is 1. The molecule has 0 spiro atoms. The molecule has 3 heteroatoms. The number of aliphatic imine (C=N–C) groups is 1. The van der Waals surface area contributed by atoms with Gasteiger partial charge in [-0.1, -0.05) is 206 Å². The van der Waals surface area contributed by atoms with Crippen LogP contribution in [0.5, 0.6) is 0 Å². The van der Waals surface area contributed by atoms with Gasteiger partial charge in [-0.2, -0.15) is 0 Å². The van der Waals surface area contributed by atoms with Crippen molar-refractivity contribution in [3.8, 4) is 33.4 Å². The van der Waals surface area contributed by atoms with Crippen LogP contribution in [-0.4, -0.2) is 5.84 Å². The number of fused-ring (bicyclic) bond motifs is 7. The number of benzene rings is 10. The third-order valence-corrected chi connectivity index (χ3v) is 11.9. The van der Waals surface area contributed by atoms with Crippen LogP contribution in [0.4, 0.5) is 0 Å². The van der Waals surface area contributed by atoms with Crippen LogP contribution in [0.25, 0.3) is 93.3 Å². The van der Waals surface area contributed by atoms with Gasteiger partial charge >= 0.3 is 0 Å². The average Bonchev–Trinajstić information content (AvgIpc) is 3.72. The fourth-order valence-electron chi connectivity index (χ4n) is 9.10. The van der Waals surface area contributed by atoms with E-state index in [1.165, 1.54) is 54.6 Å². The monoisotopic (exact) mass is 780 g/mol. The Balaban J connectivity index is 1.04. The van der Waals surface area contributed by atoms with E-state index in [-0.39, 0.29) is 0 Å². The van der Waals surface area contributed by atoms with Crippen LogP contribution in [0, 0.1) is 0 Å². The smallest absolute Gasteiger partial charge is 0.136 e. The Morgan fingerprint density at radius 3 is 1.87 bits per heavy atom. The van der Waals surface area contributed by atoms with Gasteiger partial charge in [0.2, 0.25) is 0 Å². The van der Waals surface area contributed by atoms with Gasteiger partial charge in [-0.3, -0.25) is 0 Å². The van der Waals surface area contributed by atoms with Gasteiger partial charge in [-0.25, -0.2) is 4.99 Å². The second-order valence-corrected chi connectivity index (χ2v) is 15.6. The summed E-state index contributed by atoms with van der Waals surface area (Å²) in [5.41, 5.74) is 19.5. The molecule has 0 saturated carbocycles. The van der Waals surface area contributed by atoms with Gasteiger partial charge in [0, 0.05) is 16.3 Å². The van der Waals surface area contributed by atoms with Gasteiger partial charge in [0.1, 0.15) is 17.0 Å². The molecule has 0 aliphatic rings. The highest BCUT2D eigenvalue weighted by Gasteiger charge is 2.19. The largest absolute Gasteiger partial charge is 0.456 e. The van der Waals surface area contributed by atoms with Gasteiger partial charge in [0.15, 0.2) is 0 Å². The van der Waals surface area contributed by atoms with Gasteiger partial charge in [-0.15, -0.1) is 0 Å². The van der Waals surface area contributed by atoms with Gasteiger partial charge in [0.05, 0.1) is 5.70 Å². The molecule has 0 unspecified atom stereocenters. The Kier molecular flexibility index (Phi) is 9.05. The van der Waals surface area contributed by atoms with Gasteiger partial charge in [-0.05, 0) is 95.4 Å². The quantitative estimate of drug-likeness (QED) is 0.0722. The average molecular weight is 781 g/mol. The van der Waals surface area contributed by atoms with Crippen molar-refractivity contribution >= 4 is 65.8 Å². The lowest BCUT2D eigenvalue weighted by Gasteiger charge is -2.19. The van der Waals surface area contributed by atoms with E-state index in [9.17, 15) is 0 Å². The molecule has 0 bridgehead atoms. The fourth-order valence-corrected chi connectivity index (χ4v) is 9.10. The molecule has 288 valence electrons. The van der Waals surface area contributed by atoms with Gasteiger partial charge in [0.25, 0.3) is 0 Å². The van der Waals surface area contributed by atoms with Crippen LogP contribution in [-0.2, 0) is 6.42 Å². The number of nitrogens with zero attached hydrogens (tertiary/aromatic N) is 1. The molecule has 10 aromatic carbocycles. The van der Waals surface area contributed by atoms with Crippen molar-refractivity contribution in [2.45, 2.75) is 6.42 Å². The molecule has 0 saturated heterocycles. The summed E-state index contributed by atoms with van der Waals surface area (Å²) in [5, 5.41) is 9.66. The number of rotatable bonds is 8. The van der Waals surface area contributed by atoms with E-state index in [4.69, 9.17) is 15.1 Å². The Hall–Kier alpha value is -8.01. The van der Waals surface area contributed by atoms with Crippen LogP contribution in [0.1, 0.15) is 16.7 Å². The molecule has 0 radical (unpaired) electrons. The summed E-state index contributed by atoms with van der Waals surface area (Å²) in [6, 6.07) is 75.1. The highest BCUT2D eigenvalue weighted by atomic mass is 16.3. The Bertz CT molecular complexity index is 3490. The predicted octanol–water partition coefficient (Wildman–Crippen LogP) is 15.0. The summed E-state index contributed by atoms with van der Waals surface area (Å²) >= 11 is 0. The molecule has 1 heterocycles. The van der Waals surface area contributed by atoms with Crippen molar-refractivity contribution in [1.29, 1.82) is 0 Å². The lowest BCUT2D eigenvalue weighted by molar-refractivity contribution is 0.669. The van der Waals surface area contributed by atoms with E-state index in [0.29, 0.717) is 12.3 Å². The predicted molar refractivity (Wildman–Crippen MR) is 258 cm³/mol. The first kappa shape index (κ1) is 36.1. The van der Waals surface area contributed by atoms with Crippen LogP contribution in [0.2, 0.25) is 0 Å². The lowest BCUT2D eigenvalue weighted by Crippen LogP contribution is -2.13. The van der Waals surface area contributed by atoms with E-state index < -0.39 is 0 Å². The number of para-hydroxylation sites is 1. The Morgan fingerprint density at radius 2 is 1.07 bits per heavy atom. The van der Waals surface area contributed by atoms with E-state index in [2.05, 4.69) is 170 Å². The first-order chi connectivity index (χ1) is 30.2. The topological polar surface area (TPSA) is 51.5 Å². The van der Waals surface area contributed by atoms with Crippen molar-refractivity contribution in [2.75, 3.05) is 0 Å². The molecule has 3 nitrogen and oxygen atoms in total. The van der Waals surface area contributed by atoms with Crippen molar-refractivity contribution in [3.63, 3.8) is 0 Å². The molecule has 0 amide bonds. The SMILES string of the molecule is NC(=N/C(=C\Cc1cccc(-c2cccc3oc4ccccc4c23)c1)c1ccc(-c2c3ccccc3c(-c3ccccc3)c3ccc4ccccc4c23)cc1)c1ccccc1. The minimum absolute atomic E-state index is 0.475. The minimum atomic E-state index is 0.475.